The molecular formula is C34H52N2O7. The molecule has 9 nitrogen and oxygen atoms in total. The first-order valence-electron chi connectivity index (χ1n) is 16.6. The third-order valence-electron chi connectivity index (χ3n) is 9.07. The van der Waals surface area contributed by atoms with E-state index in [0.29, 0.717) is 6.54 Å². The Kier molecular flexibility index (Phi) is 10.5. The monoisotopic (exact) mass is 600 g/mol. The van der Waals surface area contributed by atoms with E-state index in [2.05, 4.69) is 6.92 Å². The van der Waals surface area contributed by atoms with Gasteiger partial charge in [0.05, 0.1) is 19.0 Å². The number of amides is 3. The van der Waals surface area contributed by atoms with Gasteiger partial charge in [-0.2, -0.15) is 0 Å². The number of hydrogen-bond donors (Lipinski definition) is 0. The van der Waals surface area contributed by atoms with Gasteiger partial charge in [-0.25, -0.2) is 4.79 Å². The van der Waals surface area contributed by atoms with Crippen LogP contribution in [0.15, 0.2) is 30.3 Å². The zero-order valence-corrected chi connectivity index (χ0v) is 26.8. The molecule has 0 saturated carbocycles. The molecule has 4 saturated heterocycles. The van der Waals surface area contributed by atoms with Crippen LogP contribution in [0.4, 0.5) is 4.79 Å². The molecule has 1 aromatic carbocycles. The standard InChI is InChI=1S/C34H52N2O7/c1-6-7-8-9-10-11-12-13-14-18-21-35-25(22-26(37)36(32(35)38)23-24-19-16-15-17-20-24)27-28-29(41-33(2,3)40-28)30-31(39-27)43-34(4,5)42-30/h15-17,19-20,25,27-31H,6-14,18,21-23H2,1-5H3/t25-,27-,28+,29+,30-,31-/m1/s1. The number of carbonyl (C=O) groups excluding carboxylic acids is 2. The number of benzene rings is 1. The van der Waals surface area contributed by atoms with E-state index in [4.69, 9.17) is 23.7 Å². The Morgan fingerprint density at radius 3 is 1.93 bits per heavy atom. The van der Waals surface area contributed by atoms with Crippen LogP contribution in [-0.2, 0) is 35.0 Å². The second kappa shape index (κ2) is 13.9. The molecule has 240 valence electrons. The third kappa shape index (κ3) is 7.79. The maximum Gasteiger partial charge on any atom is 0.327 e. The Morgan fingerprint density at radius 1 is 0.721 bits per heavy atom. The average Bonchev–Trinajstić information content (AvgIpc) is 3.46. The van der Waals surface area contributed by atoms with Crippen molar-refractivity contribution in [3.05, 3.63) is 35.9 Å². The molecule has 0 radical (unpaired) electrons. The molecule has 4 aliphatic heterocycles. The Bertz CT molecular complexity index is 1080. The lowest BCUT2D eigenvalue weighted by Gasteiger charge is -2.47. The number of rotatable bonds is 14. The van der Waals surface area contributed by atoms with Gasteiger partial charge in [0.25, 0.3) is 0 Å². The van der Waals surface area contributed by atoms with E-state index in [1.165, 1.54) is 49.8 Å². The van der Waals surface area contributed by atoms with Crippen LogP contribution in [-0.4, -0.2) is 76.6 Å². The fraction of sp³-hybridized carbons (Fsp3) is 0.765. The van der Waals surface area contributed by atoms with Crippen molar-refractivity contribution in [3.8, 4) is 0 Å². The summed E-state index contributed by atoms with van der Waals surface area (Å²) >= 11 is 0. The minimum absolute atomic E-state index is 0.148. The molecule has 9 heteroatoms. The summed E-state index contributed by atoms with van der Waals surface area (Å²) in [5, 5.41) is 0. The van der Waals surface area contributed by atoms with Gasteiger partial charge in [0.1, 0.15) is 24.4 Å². The summed E-state index contributed by atoms with van der Waals surface area (Å²) in [4.78, 5) is 30.9. The van der Waals surface area contributed by atoms with E-state index in [1.54, 1.807) is 0 Å². The first-order chi connectivity index (χ1) is 20.6. The fourth-order valence-corrected chi connectivity index (χ4v) is 7.00. The molecule has 0 bridgehead atoms. The molecule has 4 aliphatic rings. The number of urea groups is 1. The number of fused-ring (bicyclic) bond motifs is 3. The van der Waals surface area contributed by atoms with Crippen molar-refractivity contribution in [1.82, 2.24) is 9.80 Å². The molecule has 4 fully saturated rings. The van der Waals surface area contributed by atoms with Crippen molar-refractivity contribution in [3.63, 3.8) is 0 Å². The van der Waals surface area contributed by atoms with Crippen LogP contribution in [0.5, 0.6) is 0 Å². The molecule has 0 N–H and O–H groups in total. The molecule has 43 heavy (non-hydrogen) atoms. The van der Waals surface area contributed by atoms with Crippen molar-refractivity contribution in [2.45, 2.75) is 160 Å². The predicted octanol–water partition coefficient (Wildman–Crippen LogP) is 6.53. The molecule has 0 aliphatic carbocycles. The van der Waals surface area contributed by atoms with Gasteiger partial charge in [-0.15, -0.1) is 0 Å². The molecule has 6 atom stereocenters. The first-order valence-corrected chi connectivity index (χ1v) is 16.6. The second-order valence-electron chi connectivity index (χ2n) is 13.5. The zero-order valence-electron chi connectivity index (χ0n) is 26.8. The SMILES string of the molecule is CCCCCCCCCCCCN1C(=O)N(Cc2ccccc2)C(=O)C[C@@H]1[C@H]1O[C@@H]2OC(C)(C)O[C@@H]2[C@H]2OC(C)(C)O[C@H]21. The minimum atomic E-state index is -0.856. The highest BCUT2D eigenvalue weighted by molar-refractivity contribution is 5.97. The second-order valence-corrected chi connectivity index (χ2v) is 13.5. The summed E-state index contributed by atoms with van der Waals surface area (Å²) in [6, 6.07) is 8.90. The highest BCUT2D eigenvalue weighted by Crippen LogP contribution is 2.46. The fourth-order valence-electron chi connectivity index (χ4n) is 7.00. The molecule has 0 aromatic heterocycles. The van der Waals surface area contributed by atoms with Crippen molar-refractivity contribution in [1.29, 1.82) is 0 Å². The maximum atomic E-state index is 14.1. The lowest BCUT2D eigenvalue weighted by Crippen LogP contribution is -2.66. The van der Waals surface area contributed by atoms with E-state index in [1.807, 2.05) is 62.9 Å². The van der Waals surface area contributed by atoms with Crippen molar-refractivity contribution in [2.75, 3.05) is 6.54 Å². The van der Waals surface area contributed by atoms with Gasteiger partial charge in [0.2, 0.25) is 5.91 Å². The molecule has 0 unspecified atom stereocenters. The van der Waals surface area contributed by atoms with Gasteiger partial charge in [0.15, 0.2) is 17.9 Å². The van der Waals surface area contributed by atoms with Gasteiger partial charge < -0.3 is 28.6 Å². The van der Waals surface area contributed by atoms with Gasteiger partial charge in [-0.05, 0) is 39.7 Å². The first kappa shape index (κ1) is 32.4. The Morgan fingerprint density at radius 2 is 1.28 bits per heavy atom. The van der Waals surface area contributed by atoms with E-state index in [9.17, 15) is 9.59 Å². The summed E-state index contributed by atoms with van der Waals surface area (Å²) in [6.07, 6.45) is 9.57. The van der Waals surface area contributed by atoms with Gasteiger partial charge in [0, 0.05) is 6.54 Å². The lowest BCUT2D eigenvalue weighted by molar-refractivity contribution is -0.246. The van der Waals surface area contributed by atoms with Gasteiger partial charge in [-0.1, -0.05) is 95.0 Å². The summed E-state index contributed by atoms with van der Waals surface area (Å²) in [5.41, 5.74) is 0.923. The molecule has 3 amide bonds. The Balaban J connectivity index is 1.29. The van der Waals surface area contributed by atoms with E-state index < -0.39 is 48.3 Å². The number of ether oxygens (including phenoxy) is 5. The highest BCUT2D eigenvalue weighted by atomic mass is 16.9. The summed E-state index contributed by atoms with van der Waals surface area (Å²) in [6.45, 7) is 10.5. The van der Waals surface area contributed by atoms with Crippen LogP contribution < -0.4 is 0 Å². The normalized spacial score (nSPS) is 31.4. The van der Waals surface area contributed by atoms with Crippen LogP contribution in [0.1, 0.15) is 111 Å². The quantitative estimate of drug-likeness (QED) is 0.225. The number of imide groups is 1. The number of hydrogen-bond acceptors (Lipinski definition) is 7. The summed E-state index contributed by atoms with van der Waals surface area (Å²) < 4.78 is 31.6. The van der Waals surface area contributed by atoms with Crippen LogP contribution in [0.2, 0.25) is 0 Å². The largest absolute Gasteiger partial charge is 0.342 e. The van der Waals surface area contributed by atoms with Crippen molar-refractivity contribution < 1.29 is 33.3 Å². The van der Waals surface area contributed by atoms with E-state index in [0.717, 1.165) is 24.8 Å². The van der Waals surface area contributed by atoms with Crippen LogP contribution in [0.25, 0.3) is 0 Å². The van der Waals surface area contributed by atoms with Crippen LogP contribution in [0, 0.1) is 0 Å². The predicted molar refractivity (Wildman–Crippen MR) is 162 cm³/mol. The van der Waals surface area contributed by atoms with Crippen LogP contribution >= 0.6 is 0 Å². The number of nitrogens with zero attached hydrogens (tertiary/aromatic N) is 2. The molecule has 4 heterocycles. The summed E-state index contributed by atoms with van der Waals surface area (Å²) in [7, 11) is 0. The van der Waals surface area contributed by atoms with Gasteiger partial charge >= 0.3 is 6.03 Å². The van der Waals surface area contributed by atoms with Crippen LogP contribution in [0.3, 0.4) is 0 Å². The third-order valence-corrected chi connectivity index (χ3v) is 9.07. The molecule has 1 aromatic rings. The molecule has 0 spiro atoms. The summed E-state index contributed by atoms with van der Waals surface area (Å²) in [5.74, 6) is -1.90. The van der Waals surface area contributed by atoms with Crippen molar-refractivity contribution >= 4 is 11.9 Å². The maximum absolute atomic E-state index is 14.1. The lowest BCUT2D eigenvalue weighted by atomic mass is 9.90. The Labute approximate surface area is 257 Å². The van der Waals surface area contributed by atoms with Crippen molar-refractivity contribution in [2.24, 2.45) is 0 Å². The highest BCUT2D eigenvalue weighted by Gasteiger charge is 2.63. The zero-order chi connectivity index (χ0) is 30.6. The number of carbonyl (C=O) groups is 2. The molecular weight excluding hydrogens is 548 g/mol. The topological polar surface area (TPSA) is 86.8 Å². The smallest absolute Gasteiger partial charge is 0.327 e. The molecule has 5 rings (SSSR count). The van der Waals surface area contributed by atoms with Gasteiger partial charge in [-0.3, -0.25) is 9.69 Å². The Hall–Kier alpha value is -2.04. The van der Waals surface area contributed by atoms with E-state index >= 15 is 0 Å². The number of unbranched alkanes of at least 4 members (excludes halogenated alkanes) is 9. The van der Waals surface area contributed by atoms with E-state index in [-0.39, 0.29) is 24.9 Å². The minimum Gasteiger partial charge on any atom is -0.342 e. The average molecular weight is 601 g/mol.